The molecule has 1 heterocycles. The van der Waals surface area contributed by atoms with Crippen LogP contribution >= 0.6 is 0 Å². The molecule has 0 unspecified atom stereocenters. The molecule has 0 aliphatic heterocycles. The molecule has 72 valence electrons. The molecule has 0 bridgehead atoms. The zero-order chi connectivity index (χ0) is 8.27. The number of anilines is 1. The van der Waals surface area contributed by atoms with Crippen molar-refractivity contribution in [2.45, 2.75) is 0 Å². The van der Waals surface area contributed by atoms with Crippen LogP contribution in [0.25, 0.3) is 6.15 Å². The Kier molecular flexibility index (Phi) is 13.4. The van der Waals surface area contributed by atoms with E-state index >= 15 is 0 Å². The van der Waals surface area contributed by atoms with Gasteiger partial charge in [0.25, 0.3) is 0 Å². The van der Waals surface area contributed by atoms with Crippen molar-refractivity contribution < 1.29 is 56.1 Å². The maximum atomic E-state index is 10.4. The molecule has 0 saturated carbocycles. The van der Waals surface area contributed by atoms with Crippen LogP contribution in [-0.4, -0.2) is 10.9 Å². The van der Waals surface area contributed by atoms with E-state index in [0.29, 0.717) is 11.5 Å². The number of carbonyl (C=O) groups excluding carboxylic acids is 1. The van der Waals surface area contributed by atoms with E-state index in [1.54, 1.807) is 12.1 Å². The second-order valence-corrected chi connectivity index (χ2v) is 1.98. The summed E-state index contributed by atoms with van der Waals surface area (Å²) in [6.07, 6.45) is 0. The van der Waals surface area contributed by atoms with Crippen LogP contribution < -0.4 is 5.32 Å². The molecule has 0 aliphatic rings. The molecule has 0 saturated heterocycles. The summed E-state index contributed by atoms with van der Waals surface area (Å²) in [7, 11) is 0. The van der Waals surface area contributed by atoms with Gasteiger partial charge >= 0.3 is 18.6 Å². The molecule has 0 fully saturated rings. The molecular formula is C8H9N3OVY-2. The van der Waals surface area contributed by atoms with Gasteiger partial charge in [-0.15, -0.1) is 5.69 Å². The molecule has 1 rings (SSSR count). The van der Waals surface area contributed by atoms with Crippen LogP contribution in [0.3, 0.4) is 0 Å². The summed E-state index contributed by atoms with van der Waals surface area (Å²) in [5.74, 6) is -0.0446. The minimum atomic E-state index is -0.403. The summed E-state index contributed by atoms with van der Waals surface area (Å²) in [6, 6.07) is 6.05. The third-order valence-corrected chi connectivity index (χ3v) is 1.01. The molecule has 1 aromatic rings. The monoisotopic (exact) mass is 303 g/mol. The summed E-state index contributed by atoms with van der Waals surface area (Å²) < 4.78 is 0. The van der Waals surface area contributed by atoms with Crippen LogP contribution in [0.2, 0.25) is 0 Å². The summed E-state index contributed by atoms with van der Waals surface area (Å²) in [5, 5.41) is 2.39. The molecule has 0 aliphatic carbocycles. The van der Waals surface area contributed by atoms with Gasteiger partial charge in [0.15, 0.2) is 0 Å². The van der Waals surface area contributed by atoms with Gasteiger partial charge in [-0.1, -0.05) is 0 Å². The molecule has 1 amide bonds. The van der Waals surface area contributed by atoms with Gasteiger partial charge in [-0.3, -0.25) is 4.98 Å². The van der Waals surface area contributed by atoms with Crippen molar-refractivity contribution in [3.8, 4) is 0 Å². The first-order chi connectivity index (χ1) is 5.18. The molecule has 0 spiro atoms. The molecular weight excluding hydrogens is 294 g/mol. The number of hydrogen-bond donors (Lipinski definition) is 1. The molecule has 0 aromatic carbocycles. The molecule has 0 atom stereocenters. The Morgan fingerprint density at radius 3 is 2.57 bits per heavy atom. The number of nitrogens with zero attached hydrogens (tertiary/aromatic N) is 1. The number of amides is 1. The molecule has 4 nitrogen and oxygen atoms in total. The fourth-order valence-corrected chi connectivity index (χ4v) is 0.626. The molecule has 3 N–H and O–H groups in total. The maximum absolute atomic E-state index is 10.4. The minimum absolute atomic E-state index is 0. The second-order valence-electron chi connectivity index (χ2n) is 1.98. The van der Waals surface area contributed by atoms with Gasteiger partial charge in [0.05, 0.1) is 5.91 Å². The number of nitrogens with one attached hydrogen (secondary N) is 1. The van der Waals surface area contributed by atoms with E-state index in [4.69, 9.17) is 0 Å². The molecule has 1 aromatic heterocycles. The first-order valence-electron chi connectivity index (χ1n) is 3.02. The normalized spacial score (nSPS) is 7.14. The van der Waals surface area contributed by atoms with E-state index in [-0.39, 0.29) is 57.4 Å². The first-order valence-corrected chi connectivity index (χ1v) is 3.02. The van der Waals surface area contributed by atoms with Crippen LogP contribution in [0.4, 0.5) is 5.82 Å². The SMILES string of the molecule is [CH2-]C(=O)Nc1[c-]ccc([CH2-])n1.[NH2-].[V+2].[Y]. The van der Waals surface area contributed by atoms with Gasteiger partial charge in [0.2, 0.25) is 0 Å². The number of carbonyl (C=O) groups is 1. The van der Waals surface area contributed by atoms with Crippen molar-refractivity contribution in [2.75, 3.05) is 5.32 Å². The zero-order valence-electron chi connectivity index (χ0n) is 7.53. The van der Waals surface area contributed by atoms with Gasteiger partial charge in [-0.2, -0.15) is 0 Å². The quantitative estimate of drug-likeness (QED) is 0.799. The number of nitrogens with two attached hydrogens (primary N) is 1. The standard InChI is InChI=1S/C8H7N2O.H2N.V.Y/c1-6-4-3-5-8(9-6)10-7(2)11;;;/h3-4H,1-2H2,(H,9,10,11);1H2;;/q-3;-1;+2;. The van der Waals surface area contributed by atoms with Crippen LogP contribution in [0.15, 0.2) is 12.1 Å². The number of aromatic nitrogens is 1. The van der Waals surface area contributed by atoms with Gasteiger partial charge in [-0.25, -0.2) is 25.1 Å². The van der Waals surface area contributed by atoms with E-state index < -0.39 is 5.91 Å². The first kappa shape index (κ1) is 19.6. The number of hydrogen-bond acceptors (Lipinski definition) is 2. The Bertz CT molecular complexity index is 283. The van der Waals surface area contributed by atoms with Crippen LogP contribution in [0.1, 0.15) is 5.69 Å². The Morgan fingerprint density at radius 1 is 1.57 bits per heavy atom. The van der Waals surface area contributed by atoms with Crippen molar-refractivity contribution >= 4 is 11.7 Å². The fourth-order valence-electron chi connectivity index (χ4n) is 0.626. The topological polar surface area (TPSA) is 75.5 Å². The Morgan fingerprint density at radius 2 is 2.14 bits per heavy atom. The van der Waals surface area contributed by atoms with E-state index in [1.165, 1.54) is 0 Å². The van der Waals surface area contributed by atoms with Crippen molar-refractivity contribution in [3.05, 3.63) is 43.9 Å². The average molecular weight is 303 g/mol. The van der Waals surface area contributed by atoms with E-state index in [9.17, 15) is 4.79 Å². The summed E-state index contributed by atoms with van der Waals surface area (Å²) in [5.41, 5.74) is 0.590. The largest absolute Gasteiger partial charge is 2.00 e. The zero-order valence-corrected chi connectivity index (χ0v) is 11.8. The number of pyridine rings is 1. The predicted molar refractivity (Wildman–Crippen MR) is 46.8 cm³/mol. The van der Waals surface area contributed by atoms with Crippen LogP contribution in [-0.2, 0) is 56.1 Å². The van der Waals surface area contributed by atoms with E-state index in [2.05, 4.69) is 30.2 Å². The number of rotatable bonds is 1. The molecule has 2 radical (unpaired) electrons. The van der Waals surface area contributed by atoms with Crippen molar-refractivity contribution in [3.63, 3.8) is 0 Å². The van der Waals surface area contributed by atoms with Crippen LogP contribution in [0, 0.1) is 19.9 Å². The maximum Gasteiger partial charge on any atom is 2.00 e. The summed E-state index contributed by atoms with van der Waals surface area (Å²) >= 11 is 0. The molecule has 14 heavy (non-hydrogen) atoms. The van der Waals surface area contributed by atoms with E-state index in [0.717, 1.165) is 0 Å². The van der Waals surface area contributed by atoms with Gasteiger partial charge < -0.3 is 23.2 Å². The summed E-state index contributed by atoms with van der Waals surface area (Å²) in [4.78, 5) is 14.3. The Hall–Kier alpha value is 0.00831. The van der Waals surface area contributed by atoms with Gasteiger partial charge in [0.1, 0.15) is 0 Å². The van der Waals surface area contributed by atoms with E-state index in [1.807, 2.05) is 0 Å². The molecule has 6 heteroatoms. The van der Waals surface area contributed by atoms with Crippen molar-refractivity contribution in [2.24, 2.45) is 0 Å². The fraction of sp³-hybridized carbons (Fsp3) is 0. The predicted octanol–water partition coefficient (Wildman–Crippen LogP) is 1.55. The van der Waals surface area contributed by atoms with Crippen LogP contribution in [0.5, 0.6) is 0 Å². The summed E-state index contributed by atoms with van der Waals surface area (Å²) in [6.45, 7) is 6.72. The van der Waals surface area contributed by atoms with Gasteiger partial charge in [-0.05, 0) is 0 Å². The minimum Gasteiger partial charge on any atom is -0.693 e. The smallest absolute Gasteiger partial charge is 0.693 e. The van der Waals surface area contributed by atoms with Gasteiger partial charge in [0, 0.05) is 38.5 Å². The third-order valence-electron chi connectivity index (χ3n) is 1.01. The average Bonchev–Trinajstić information content (AvgIpc) is 1.85. The van der Waals surface area contributed by atoms with Crippen molar-refractivity contribution in [1.29, 1.82) is 0 Å². The Labute approximate surface area is 121 Å². The Balaban J connectivity index is -0.000000403. The third kappa shape index (κ3) is 7.42. The second kappa shape index (κ2) is 9.56. The van der Waals surface area contributed by atoms with Crippen molar-refractivity contribution in [1.82, 2.24) is 4.98 Å².